The maximum atomic E-state index is 14.4. The van der Waals surface area contributed by atoms with E-state index in [1.807, 2.05) is 58.3 Å². The number of nitrogens with zero attached hydrogens (tertiary/aromatic N) is 4. The fourth-order valence-corrected chi connectivity index (χ4v) is 8.10. The summed E-state index contributed by atoms with van der Waals surface area (Å²) in [5.74, 6) is -0.0346. The van der Waals surface area contributed by atoms with E-state index in [2.05, 4.69) is 25.5 Å². The van der Waals surface area contributed by atoms with Crippen LogP contribution in [0.2, 0.25) is 0 Å². The Hall–Kier alpha value is -3.14. The van der Waals surface area contributed by atoms with Crippen molar-refractivity contribution < 1.29 is 23.1 Å². The van der Waals surface area contributed by atoms with Crippen LogP contribution in [0.1, 0.15) is 30.7 Å². The first kappa shape index (κ1) is 34.7. The van der Waals surface area contributed by atoms with Crippen molar-refractivity contribution in [2.24, 2.45) is 5.92 Å². The van der Waals surface area contributed by atoms with Crippen molar-refractivity contribution in [3.63, 3.8) is 0 Å². The van der Waals surface area contributed by atoms with Gasteiger partial charge in [0.15, 0.2) is 5.13 Å². The standard InChI is InChI=1S/C31H42N6O5S3/c1-22(2)19-37(45(40,41)25-11-12-26-29(16-25)44-30(35-26)33-13-8-14-36(3)4)27(15-23-9-6-5-7-10-23)28(38)18-34-31(39)42-20-24-17-32-21-43-24/h5-7,9-12,16-17,21-22,27-28,38H,8,13-15,18-20H2,1-4H3,(H,33,35)(H,34,39). The van der Waals surface area contributed by atoms with Crippen LogP contribution in [0.15, 0.2) is 65.1 Å². The van der Waals surface area contributed by atoms with Gasteiger partial charge in [-0.25, -0.2) is 18.2 Å². The van der Waals surface area contributed by atoms with Gasteiger partial charge in [-0.2, -0.15) is 4.31 Å². The van der Waals surface area contributed by atoms with Gasteiger partial charge in [-0.15, -0.1) is 11.3 Å². The van der Waals surface area contributed by atoms with Crippen molar-refractivity contribution in [1.82, 2.24) is 24.5 Å². The van der Waals surface area contributed by atoms with Crippen LogP contribution in [0.5, 0.6) is 0 Å². The van der Waals surface area contributed by atoms with E-state index in [0.717, 1.165) is 39.8 Å². The van der Waals surface area contributed by atoms with Gasteiger partial charge in [-0.3, -0.25) is 4.98 Å². The van der Waals surface area contributed by atoms with E-state index in [9.17, 15) is 18.3 Å². The van der Waals surface area contributed by atoms with Gasteiger partial charge in [-0.1, -0.05) is 55.5 Å². The Morgan fingerprint density at radius 2 is 1.91 bits per heavy atom. The van der Waals surface area contributed by atoms with Crippen molar-refractivity contribution in [2.75, 3.05) is 45.6 Å². The number of aliphatic hydroxyl groups excluding tert-OH is 1. The van der Waals surface area contributed by atoms with E-state index in [1.165, 1.54) is 27.0 Å². The number of benzene rings is 2. The summed E-state index contributed by atoms with van der Waals surface area (Å²) in [5.41, 5.74) is 3.22. The molecule has 0 saturated heterocycles. The summed E-state index contributed by atoms with van der Waals surface area (Å²) in [6, 6.07) is 13.5. The number of thiazole rings is 2. The zero-order valence-electron chi connectivity index (χ0n) is 26.0. The number of carbonyl (C=O) groups excluding carboxylic acids is 1. The van der Waals surface area contributed by atoms with Crippen LogP contribution in [0, 0.1) is 5.92 Å². The molecule has 0 fully saturated rings. The summed E-state index contributed by atoms with van der Waals surface area (Å²) in [6.07, 6.45) is 0.886. The van der Waals surface area contributed by atoms with E-state index in [1.54, 1.807) is 29.9 Å². The number of fused-ring (bicyclic) bond motifs is 1. The van der Waals surface area contributed by atoms with Crippen molar-refractivity contribution in [1.29, 1.82) is 0 Å². The van der Waals surface area contributed by atoms with Gasteiger partial charge in [-0.05, 0) is 63.2 Å². The molecule has 2 heterocycles. The maximum Gasteiger partial charge on any atom is 0.407 e. The molecular weight excluding hydrogens is 633 g/mol. The number of anilines is 1. The predicted molar refractivity (Wildman–Crippen MR) is 180 cm³/mol. The zero-order chi connectivity index (χ0) is 32.4. The van der Waals surface area contributed by atoms with Crippen LogP contribution < -0.4 is 10.6 Å². The molecule has 3 N–H and O–H groups in total. The van der Waals surface area contributed by atoms with Gasteiger partial charge < -0.3 is 25.4 Å². The Morgan fingerprint density at radius 1 is 1.13 bits per heavy atom. The van der Waals surface area contributed by atoms with Gasteiger partial charge in [0.1, 0.15) is 6.61 Å². The van der Waals surface area contributed by atoms with Crippen LogP contribution in [0.25, 0.3) is 10.2 Å². The molecule has 0 bridgehead atoms. The van der Waals surface area contributed by atoms with Crippen LogP contribution in [0.3, 0.4) is 0 Å². The largest absolute Gasteiger partial charge is 0.444 e. The number of amides is 1. The smallest absolute Gasteiger partial charge is 0.407 e. The molecule has 0 radical (unpaired) electrons. The lowest BCUT2D eigenvalue weighted by Crippen LogP contribution is -2.52. The third kappa shape index (κ3) is 10.2. The molecule has 14 heteroatoms. The Morgan fingerprint density at radius 3 is 2.60 bits per heavy atom. The van der Waals surface area contributed by atoms with Gasteiger partial charge >= 0.3 is 6.09 Å². The number of carbonyl (C=O) groups is 1. The summed E-state index contributed by atoms with van der Waals surface area (Å²) in [6.45, 7) is 5.62. The first-order valence-corrected chi connectivity index (χ1v) is 18.0. The summed E-state index contributed by atoms with van der Waals surface area (Å²) >= 11 is 2.78. The van der Waals surface area contributed by atoms with Crippen LogP contribution in [0.4, 0.5) is 9.93 Å². The summed E-state index contributed by atoms with van der Waals surface area (Å²) in [7, 11) is -0.0157. The molecule has 0 spiro atoms. The number of sulfonamides is 1. The van der Waals surface area contributed by atoms with Gasteiger partial charge in [0.2, 0.25) is 10.0 Å². The quantitative estimate of drug-likeness (QED) is 0.137. The predicted octanol–water partition coefficient (Wildman–Crippen LogP) is 4.66. The molecule has 45 heavy (non-hydrogen) atoms. The molecule has 4 rings (SSSR count). The lowest BCUT2D eigenvalue weighted by atomic mass is 10.0. The Balaban J connectivity index is 1.57. The third-order valence-electron chi connectivity index (χ3n) is 6.96. The lowest BCUT2D eigenvalue weighted by Gasteiger charge is -2.35. The van der Waals surface area contributed by atoms with Crippen molar-refractivity contribution in [2.45, 2.75) is 50.3 Å². The molecular formula is C31H42N6O5S3. The number of rotatable bonds is 17. The third-order valence-corrected chi connectivity index (χ3v) is 10.6. The number of ether oxygens (including phenoxy) is 1. The second kappa shape index (κ2) is 16.4. The van der Waals surface area contributed by atoms with Crippen LogP contribution in [-0.4, -0.2) is 91.2 Å². The molecule has 2 atom stereocenters. The monoisotopic (exact) mass is 674 g/mol. The summed E-state index contributed by atoms with van der Waals surface area (Å²) in [4.78, 5) is 24.0. The minimum atomic E-state index is -4.07. The maximum absolute atomic E-state index is 14.4. The number of aromatic nitrogens is 2. The SMILES string of the molecule is CC(C)CN(C(Cc1ccccc1)C(O)CNC(=O)OCc1cncs1)S(=O)(=O)c1ccc2nc(NCCCN(C)C)sc2c1. The molecule has 0 aliphatic rings. The number of aliphatic hydroxyl groups is 1. The van der Waals surface area contributed by atoms with Crippen molar-refractivity contribution >= 4 is 54.1 Å². The minimum absolute atomic E-state index is 0.0346. The highest BCUT2D eigenvalue weighted by Crippen LogP contribution is 2.31. The normalized spacial score (nSPS) is 13.4. The highest BCUT2D eigenvalue weighted by Gasteiger charge is 2.36. The second-order valence-electron chi connectivity index (χ2n) is 11.4. The number of alkyl carbamates (subject to hydrolysis) is 1. The summed E-state index contributed by atoms with van der Waals surface area (Å²) in [5, 5.41) is 18.1. The lowest BCUT2D eigenvalue weighted by molar-refractivity contribution is 0.0786. The number of hydrogen-bond acceptors (Lipinski definition) is 11. The fraction of sp³-hybridized carbons (Fsp3) is 0.452. The molecule has 244 valence electrons. The van der Waals surface area contributed by atoms with Crippen molar-refractivity contribution in [3.05, 3.63) is 70.7 Å². The first-order valence-electron chi connectivity index (χ1n) is 14.8. The van der Waals surface area contributed by atoms with Gasteiger partial charge in [0.05, 0.1) is 37.6 Å². The van der Waals surface area contributed by atoms with Gasteiger partial charge in [0.25, 0.3) is 0 Å². The van der Waals surface area contributed by atoms with E-state index in [0.29, 0.717) is 5.52 Å². The number of hydrogen-bond donors (Lipinski definition) is 3. The highest BCUT2D eigenvalue weighted by atomic mass is 32.2. The molecule has 2 aromatic heterocycles. The minimum Gasteiger partial charge on any atom is -0.444 e. The molecule has 2 unspecified atom stereocenters. The Bertz CT molecular complexity index is 1600. The molecule has 1 amide bonds. The summed E-state index contributed by atoms with van der Waals surface area (Å²) < 4.78 is 36.1. The fourth-order valence-electron chi connectivity index (χ4n) is 4.75. The first-order chi connectivity index (χ1) is 21.5. The van der Waals surface area contributed by atoms with Gasteiger partial charge in [0, 0.05) is 25.8 Å². The average Bonchev–Trinajstić information content (AvgIpc) is 3.68. The molecule has 0 aliphatic carbocycles. The Labute approximate surface area is 273 Å². The van der Waals surface area contributed by atoms with Crippen LogP contribution in [-0.2, 0) is 27.8 Å². The van der Waals surface area contributed by atoms with Crippen molar-refractivity contribution in [3.8, 4) is 0 Å². The van der Waals surface area contributed by atoms with E-state index >= 15 is 0 Å². The van der Waals surface area contributed by atoms with E-state index in [-0.39, 0.29) is 36.9 Å². The van der Waals surface area contributed by atoms with E-state index < -0.39 is 28.3 Å². The van der Waals surface area contributed by atoms with Crippen LogP contribution >= 0.6 is 22.7 Å². The topological polar surface area (TPSA) is 137 Å². The molecule has 11 nitrogen and oxygen atoms in total. The molecule has 4 aromatic rings. The molecule has 0 saturated carbocycles. The number of nitrogens with one attached hydrogen (secondary N) is 2. The Kier molecular flexibility index (Phi) is 12.7. The molecule has 0 aliphatic heterocycles. The molecule has 2 aromatic carbocycles. The second-order valence-corrected chi connectivity index (χ2v) is 15.3. The van der Waals surface area contributed by atoms with E-state index in [4.69, 9.17) is 4.74 Å². The zero-order valence-corrected chi connectivity index (χ0v) is 28.5. The highest BCUT2D eigenvalue weighted by molar-refractivity contribution is 7.89. The average molecular weight is 675 g/mol.